The normalized spacial score (nSPS) is 12.0. The summed E-state index contributed by atoms with van der Waals surface area (Å²) in [5, 5.41) is 0. The van der Waals surface area contributed by atoms with Crippen molar-refractivity contribution in [3.05, 3.63) is 36.0 Å². The maximum atomic E-state index is 13.4. The van der Waals surface area contributed by atoms with Crippen LogP contribution in [0.25, 0.3) is 0 Å². The average Bonchev–Trinajstić information content (AvgIpc) is 2.52. The van der Waals surface area contributed by atoms with Gasteiger partial charge in [-0.1, -0.05) is 6.07 Å². The van der Waals surface area contributed by atoms with Crippen molar-refractivity contribution in [2.24, 2.45) is 0 Å². The van der Waals surface area contributed by atoms with Gasteiger partial charge in [0.1, 0.15) is 16.9 Å². The molecule has 0 aliphatic rings. The van der Waals surface area contributed by atoms with Gasteiger partial charge in [-0.3, -0.25) is 0 Å². The first-order valence-corrected chi connectivity index (χ1v) is 8.11. The van der Waals surface area contributed by atoms with Crippen LogP contribution in [0.4, 0.5) is 24.7 Å². The third-order valence-corrected chi connectivity index (χ3v) is 3.28. The van der Waals surface area contributed by atoms with Gasteiger partial charge < -0.3 is 14.4 Å². The highest BCUT2D eigenvalue weighted by Crippen LogP contribution is 2.38. The largest absolute Gasteiger partial charge is 0.494 e. The second-order valence-electron chi connectivity index (χ2n) is 6.59. The summed E-state index contributed by atoms with van der Waals surface area (Å²) < 4.78 is 51.2. The molecule has 8 heteroatoms. The number of aromatic nitrogens is 2. The molecular formula is C18H22F3N3O2. The van der Waals surface area contributed by atoms with Crippen LogP contribution in [-0.4, -0.2) is 29.2 Å². The summed E-state index contributed by atoms with van der Waals surface area (Å²) >= 11 is 0. The van der Waals surface area contributed by atoms with Crippen LogP contribution in [0.3, 0.4) is 0 Å². The van der Waals surface area contributed by atoms with E-state index in [9.17, 15) is 13.2 Å². The molecule has 0 radical (unpaired) electrons. The maximum absolute atomic E-state index is 13.4. The van der Waals surface area contributed by atoms with Crippen molar-refractivity contribution in [2.75, 3.05) is 18.6 Å². The molecule has 142 valence electrons. The molecule has 0 fully saturated rings. The lowest BCUT2D eigenvalue weighted by molar-refractivity contribution is -0.137. The van der Waals surface area contributed by atoms with Crippen LogP contribution in [0.15, 0.2) is 30.5 Å². The fourth-order valence-corrected chi connectivity index (χ4v) is 2.21. The van der Waals surface area contributed by atoms with Gasteiger partial charge in [-0.25, -0.2) is 4.98 Å². The number of benzene rings is 1. The number of rotatable bonds is 5. The van der Waals surface area contributed by atoms with Gasteiger partial charge >= 0.3 is 12.2 Å². The predicted octanol–water partition coefficient (Wildman–Crippen LogP) is 4.84. The highest BCUT2D eigenvalue weighted by Gasteiger charge is 2.37. The molecule has 0 aliphatic heterocycles. The minimum Gasteiger partial charge on any atom is -0.494 e. The number of nitrogens with zero attached hydrogens (tertiary/aromatic N) is 3. The van der Waals surface area contributed by atoms with Gasteiger partial charge in [0.05, 0.1) is 6.61 Å². The molecule has 0 saturated carbocycles. The maximum Gasteiger partial charge on any atom is 0.421 e. The zero-order valence-corrected chi connectivity index (χ0v) is 15.4. The number of alkyl halides is 3. The average molecular weight is 369 g/mol. The van der Waals surface area contributed by atoms with Crippen molar-refractivity contribution in [2.45, 2.75) is 39.5 Å². The van der Waals surface area contributed by atoms with Gasteiger partial charge in [0.25, 0.3) is 0 Å². The van der Waals surface area contributed by atoms with E-state index in [2.05, 4.69) is 9.97 Å². The first kappa shape index (κ1) is 19.8. The lowest BCUT2D eigenvalue weighted by Gasteiger charge is -2.25. The summed E-state index contributed by atoms with van der Waals surface area (Å²) in [4.78, 5) is 9.05. The molecule has 0 aliphatic carbocycles. The van der Waals surface area contributed by atoms with Gasteiger partial charge in [-0.05, 0) is 39.8 Å². The molecule has 0 spiro atoms. The number of halogens is 3. The highest BCUT2D eigenvalue weighted by molar-refractivity contribution is 5.64. The summed E-state index contributed by atoms with van der Waals surface area (Å²) in [7, 11) is 1.50. The van der Waals surface area contributed by atoms with Crippen LogP contribution in [0.5, 0.6) is 11.8 Å². The fourth-order valence-electron chi connectivity index (χ4n) is 2.21. The smallest absolute Gasteiger partial charge is 0.421 e. The van der Waals surface area contributed by atoms with E-state index in [0.29, 0.717) is 18.0 Å². The number of anilines is 2. The first-order valence-electron chi connectivity index (χ1n) is 8.11. The molecule has 0 saturated heterocycles. The predicted molar refractivity (Wildman–Crippen MR) is 93.1 cm³/mol. The minimum atomic E-state index is -4.60. The van der Waals surface area contributed by atoms with Crippen LogP contribution in [0.1, 0.15) is 33.3 Å². The Morgan fingerprint density at radius 1 is 1.15 bits per heavy atom. The molecule has 1 aromatic carbocycles. The molecule has 5 nitrogen and oxygen atoms in total. The fraction of sp³-hybridized carbons (Fsp3) is 0.444. The Morgan fingerprint density at radius 3 is 2.42 bits per heavy atom. The monoisotopic (exact) mass is 369 g/mol. The van der Waals surface area contributed by atoms with Crippen LogP contribution in [-0.2, 0) is 6.18 Å². The van der Waals surface area contributed by atoms with E-state index in [1.54, 1.807) is 45.0 Å². The molecule has 2 rings (SSSR count). The SMILES string of the molecule is CCOc1cccc(N(C)c2nc(OC(C)(C)C)ncc2C(F)(F)F)c1. The van der Waals surface area contributed by atoms with Crippen molar-refractivity contribution in [3.63, 3.8) is 0 Å². The summed E-state index contributed by atoms with van der Waals surface area (Å²) in [5.74, 6) is 0.269. The van der Waals surface area contributed by atoms with Crippen molar-refractivity contribution in [1.82, 2.24) is 9.97 Å². The second-order valence-corrected chi connectivity index (χ2v) is 6.59. The molecule has 1 heterocycles. The summed E-state index contributed by atoms with van der Waals surface area (Å²) in [6, 6.07) is 6.65. The zero-order chi connectivity index (χ0) is 19.5. The molecule has 0 bridgehead atoms. The summed E-state index contributed by atoms with van der Waals surface area (Å²) in [6.07, 6.45) is -3.85. The summed E-state index contributed by atoms with van der Waals surface area (Å²) in [5.41, 5.74) is -1.07. The van der Waals surface area contributed by atoms with E-state index in [4.69, 9.17) is 9.47 Å². The highest BCUT2D eigenvalue weighted by atomic mass is 19.4. The quantitative estimate of drug-likeness (QED) is 0.755. The van der Waals surface area contributed by atoms with Gasteiger partial charge in [-0.2, -0.15) is 18.2 Å². The van der Waals surface area contributed by atoms with E-state index in [1.807, 2.05) is 6.92 Å². The van der Waals surface area contributed by atoms with Crippen molar-refractivity contribution in [1.29, 1.82) is 0 Å². The third kappa shape index (κ3) is 5.00. The van der Waals surface area contributed by atoms with Gasteiger partial charge in [-0.15, -0.1) is 0 Å². The van der Waals surface area contributed by atoms with Crippen molar-refractivity contribution in [3.8, 4) is 11.8 Å². The number of hydrogen-bond donors (Lipinski definition) is 0. The topological polar surface area (TPSA) is 47.5 Å². The molecule has 2 aromatic rings. The first-order chi connectivity index (χ1) is 12.0. The minimum absolute atomic E-state index is 0.117. The summed E-state index contributed by atoms with van der Waals surface area (Å²) in [6.45, 7) is 7.59. The van der Waals surface area contributed by atoms with E-state index < -0.39 is 17.3 Å². The number of ether oxygens (including phenoxy) is 2. The molecular weight excluding hydrogens is 347 g/mol. The molecule has 26 heavy (non-hydrogen) atoms. The zero-order valence-electron chi connectivity index (χ0n) is 15.4. The Hall–Kier alpha value is -2.51. The van der Waals surface area contributed by atoms with Gasteiger partial charge in [0.15, 0.2) is 5.82 Å². The van der Waals surface area contributed by atoms with E-state index in [1.165, 1.54) is 11.9 Å². The van der Waals surface area contributed by atoms with E-state index in [0.717, 1.165) is 6.20 Å². The molecule has 0 N–H and O–H groups in total. The van der Waals surface area contributed by atoms with Crippen molar-refractivity contribution >= 4 is 11.5 Å². The number of hydrogen-bond acceptors (Lipinski definition) is 5. The standard InChI is InChI=1S/C18H22F3N3O2/c1-6-25-13-9-7-8-12(10-13)24(5)15-14(18(19,20)21)11-22-16(23-15)26-17(2,3)4/h7-11H,6H2,1-5H3. The van der Waals surface area contributed by atoms with E-state index >= 15 is 0 Å². The molecule has 1 aromatic heterocycles. The molecule has 0 atom stereocenters. The Labute approximate surface area is 150 Å². The van der Waals surface area contributed by atoms with Gasteiger partial charge in [0.2, 0.25) is 0 Å². The molecule has 0 unspecified atom stereocenters. The van der Waals surface area contributed by atoms with Gasteiger partial charge in [0, 0.05) is 25.0 Å². The Kier molecular flexibility index (Phi) is 5.63. The lowest BCUT2D eigenvalue weighted by Crippen LogP contribution is -2.26. The van der Waals surface area contributed by atoms with E-state index in [-0.39, 0.29) is 11.8 Å². The van der Waals surface area contributed by atoms with Crippen molar-refractivity contribution < 1.29 is 22.6 Å². The van der Waals surface area contributed by atoms with Crippen LogP contribution in [0, 0.1) is 0 Å². The Balaban J connectivity index is 2.50. The second kappa shape index (κ2) is 7.39. The molecule has 0 amide bonds. The Morgan fingerprint density at radius 2 is 1.85 bits per heavy atom. The Bertz CT molecular complexity index is 758. The lowest BCUT2D eigenvalue weighted by atomic mass is 10.2. The van der Waals surface area contributed by atoms with Crippen LogP contribution in [0.2, 0.25) is 0 Å². The van der Waals surface area contributed by atoms with Crippen LogP contribution < -0.4 is 14.4 Å². The third-order valence-electron chi connectivity index (χ3n) is 3.28. The van der Waals surface area contributed by atoms with Crippen LogP contribution >= 0.6 is 0 Å².